The summed E-state index contributed by atoms with van der Waals surface area (Å²) < 4.78 is 40.6. The van der Waals surface area contributed by atoms with Crippen LogP contribution < -0.4 is 4.72 Å². The summed E-state index contributed by atoms with van der Waals surface area (Å²) >= 11 is 0. The molecule has 0 radical (unpaired) electrons. The lowest BCUT2D eigenvalue weighted by Gasteiger charge is -2.18. The number of hydrogen-bond acceptors (Lipinski definition) is 4. The summed E-state index contributed by atoms with van der Waals surface area (Å²) in [6.45, 7) is 1.34. The molecule has 0 saturated carbocycles. The highest BCUT2D eigenvalue weighted by atomic mass is 32.2. The maximum atomic E-state index is 13.6. The summed E-state index contributed by atoms with van der Waals surface area (Å²) in [5, 5.41) is 0. The minimum atomic E-state index is -3.84. The van der Waals surface area contributed by atoms with Crippen LogP contribution in [0.1, 0.15) is 29.3 Å². The zero-order valence-electron chi connectivity index (χ0n) is 15.1. The second-order valence-corrected chi connectivity index (χ2v) is 7.84. The van der Waals surface area contributed by atoms with E-state index < -0.39 is 15.8 Å². The molecule has 2 aromatic carbocycles. The van der Waals surface area contributed by atoms with E-state index in [2.05, 4.69) is 4.72 Å². The number of carbonyl (C=O) groups excluding carboxylic acids is 2. The molecule has 0 saturated heterocycles. The van der Waals surface area contributed by atoms with Crippen molar-refractivity contribution < 1.29 is 22.4 Å². The van der Waals surface area contributed by atoms with E-state index in [1.165, 1.54) is 49.2 Å². The van der Waals surface area contributed by atoms with Gasteiger partial charge in [0.15, 0.2) is 5.78 Å². The SMILES string of the molecule is CC(=O)c1cccc(S(=O)(=O)NCCC(=O)N(C)Cc2ccccc2F)c1. The smallest absolute Gasteiger partial charge is 0.240 e. The van der Waals surface area contributed by atoms with E-state index in [4.69, 9.17) is 0 Å². The van der Waals surface area contributed by atoms with Gasteiger partial charge in [-0.15, -0.1) is 0 Å². The first-order valence-corrected chi connectivity index (χ1v) is 9.77. The maximum absolute atomic E-state index is 13.6. The molecule has 27 heavy (non-hydrogen) atoms. The van der Waals surface area contributed by atoms with Crippen molar-refractivity contribution in [2.24, 2.45) is 0 Å². The molecular weight excluding hydrogens is 371 g/mol. The third kappa shape index (κ3) is 5.70. The summed E-state index contributed by atoms with van der Waals surface area (Å²) in [6.07, 6.45) is -0.0728. The lowest BCUT2D eigenvalue weighted by atomic mass is 10.2. The fourth-order valence-electron chi connectivity index (χ4n) is 2.42. The fraction of sp³-hybridized carbons (Fsp3) is 0.263. The van der Waals surface area contributed by atoms with Gasteiger partial charge in [-0.2, -0.15) is 0 Å². The van der Waals surface area contributed by atoms with Crippen LogP contribution in [-0.4, -0.2) is 38.6 Å². The highest BCUT2D eigenvalue weighted by molar-refractivity contribution is 7.89. The molecule has 1 N–H and O–H groups in total. The first-order chi connectivity index (χ1) is 12.7. The molecule has 8 heteroatoms. The van der Waals surface area contributed by atoms with Crippen LogP contribution in [-0.2, 0) is 21.4 Å². The molecule has 2 rings (SSSR count). The average Bonchev–Trinajstić information content (AvgIpc) is 2.63. The number of Topliss-reactive ketones (excluding diaryl/α,β-unsaturated/α-hetero) is 1. The molecule has 0 bridgehead atoms. The Balaban J connectivity index is 1.92. The minimum absolute atomic E-state index is 0.0395. The molecule has 0 aliphatic heterocycles. The van der Waals surface area contributed by atoms with E-state index in [0.29, 0.717) is 11.1 Å². The zero-order valence-corrected chi connectivity index (χ0v) is 15.9. The Morgan fingerprint density at radius 3 is 2.48 bits per heavy atom. The lowest BCUT2D eigenvalue weighted by molar-refractivity contribution is -0.130. The number of carbonyl (C=O) groups is 2. The van der Waals surface area contributed by atoms with Crippen LogP contribution in [0.4, 0.5) is 4.39 Å². The largest absolute Gasteiger partial charge is 0.341 e. The van der Waals surface area contributed by atoms with Gasteiger partial charge in [-0.1, -0.05) is 30.3 Å². The van der Waals surface area contributed by atoms with Gasteiger partial charge in [-0.3, -0.25) is 9.59 Å². The van der Waals surface area contributed by atoms with Crippen LogP contribution in [0.3, 0.4) is 0 Å². The molecule has 144 valence electrons. The molecule has 0 heterocycles. The summed E-state index contributed by atoms with van der Waals surface area (Å²) in [5.41, 5.74) is 0.675. The quantitative estimate of drug-likeness (QED) is 0.699. The summed E-state index contributed by atoms with van der Waals surface area (Å²) in [5.74, 6) is -0.960. The van der Waals surface area contributed by atoms with Crippen molar-refractivity contribution in [1.29, 1.82) is 0 Å². The number of sulfonamides is 1. The second kappa shape index (κ2) is 8.88. The van der Waals surface area contributed by atoms with E-state index in [1.807, 2.05) is 0 Å². The monoisotopic (exact) mass is 392 g/mol. The first-order valence-electron chi connectivity index (χ1n) is 8.29. The molecule has 0 aliphatic carbocycles. The lowest BCUT2D eigenvalue weighted by Crippen LogP contribution is -2.32. The van der Waals surface area contributed by atoms with Gasteiger partial charge >= 0.3 is 0 Å². The highest BCUT2D eigenvalue weighted by Crippen LogP contribution is 2.12. The molecule has 0 fully saturated rings. The van der Waals surface area contributed by atoms with Crippen LogP contribution >= 0.6 is 0 Å². The first kappa shape index (κ1) is 20.7. The molecular formula is C19H21FN2O4S. The van der Waals surface area contributed by atoms with Crippen molar-refractivity contribution in [1.82, 2.24) is 9.62 Å². The van der Waals surface area contributed by atoms with Crippen molar-refractivity contribution in [3.8, 4) is 0 Å². The third-order valence-electron chi connectivity index (χ3n) is 3.97. The number of halogens is 1. The van der Waals surface area contributed by atoms with Gasteiger partial charge < -0.3 is 4.90 Å². The zero-order chi connectivity index (χ0) is 20.0. The number of ketones is 1. The average molecular weight is 392 g/mol. The minimum Gasteiger partial charge on any atom is -0.341 e. The Morgan fingerprint density at radius 2 is 1.81 bits per heavy atom. The third-order valence-corrected chi connectivity index (χ3v) is 5.43. The Hall–Kier alpha value is -2.58. The number of nitrogens with one attached hydrogen (secondary N) is 1. The molecule has 0 aromatic heterocycles. The number of rotatable bonds is 8. The van der Waals surface area contributed by atoms with E-state index >= 15 is 0 Å². The van der Waals surface area contributed by atoms with Gasteiger partial charge in [0.05, 0.1) is 4.90 Å². The van der Waals surface area contributed by atoms with Crippen molar-refractivity contribution >= 4 is 21.7 Å². The highest BCUT2D eigenvalue weighted by Gasteiger charge is 2.17. The van der Waals surface area contributed by atoms with Crippen molar-refractivity contribution in [2.45, 2.75) is 24.8 Å². The van der Waals surface area contributed by atoms with Gasteiger partial charge in [0.1, 0.15) is 5.82 Å². The normalized spacial score (nSPS) is 11.2. The van der Waals surface area contributed by atoms with Crippen LogP contribution in [0.5, 0.6) is 0 Å². The Labute approximate surface area is 158 Å². The van der Waals surface area contributed by atoms with E-state index in [-0.39, 0.29) is 36.1 Å². The van der Waals surface area contributed by atoms with Gasteiger partial charge in [0.25, 0.3) is 0 Å². The fourth-order valence-corrected chi connectivity index (χ4v) is 3.50. The van der Waals surface area contributed by atoms with Gasteiger partial charge in [0.2, 0.25) is 15.9 Å². The predicted octanol–water partition coefficient (Wildman–Crippen LogP) is 2.36. The van der Waals surface area contributed by atoms with Crippen LogP contribution in [0.25, 0.3) is 0 Å². The molecule has 0 atom stereocenters. The summed E-state index contributed by atoms with van der Waals surface area (Å²) in [7, 11) is -2.31. The van der Waals surface area contributed by atoms with Crippen LogP contribution in [0.2, 0.25) is 0 Å². The van der Waals surface area contributed by atoms with E-state index in [1.54, 1.807) is 18.2 Å². The number of benzene rings is 2. The van der Waals surface area contributed by atoms with Gasteiger partial charge in [-0.25, -0.2) is 17.5 Å². The summed E-state index contributed by atoms with van der Waals surface area (Å²) in [4.78, 5) is 24.8. The Bertz CT molecular complexity index is 944. The van der Waals surface area contributed by atoms with Crippen molar-refractivity contribution in [3.63, 3.8) is 0 Å². The standard InChI is InChI=1S/C19H21FN2O4S/c1-14(23)15-7-5-8-17(12-15)27(25,26)21-11-10-19(24)22(2)13-16-6-3-4-9-18(16)20/h3-9,12,21H,10-11,13H2,1-2H3. The van der Waals surface area contributed by atoms with E-state index in [0.717, 1.165) is 0 Å². The Morgan fingerprint density at radius 1 is 1.11 bits per heavy atom. The molecule has 0 unspecified atom stereocenters. The summed E-state index contributed by atoms with van der Waals surface area (Å²) in [6, 6.07) is 11.8. The number of amides is 1. The van der Waals surface area contributed by atoms with Crippen molar-refractivity contribution in [3.05, 3.63) is 65.5 Å². The molecule has 1 amide bonds. The maximum Gasteiger partial charge on any atom is 0.240 e. The molecule has 6 nitrogen and oxygen atoms in total. The number of nitrogens with zero attached hydrogens (tertiary/aromatic N) is 1. The predicted molar refractivity (Wildman–Crippen MR) is 99.1 cm³/mol. The van der Waals surface area contributed by atoms with Crippen molar-refractivity contribution in [2.75, 3.05) is 13.6 Å². The Kier molecular flexibility index (Phi) is 6.81. The second-order valence-electron chi connectivity index (χ2n) is 6.07. The van der Waals surface area contributed by atoms with E-state index in [9.17, 15) is 22.4 Å². The molecule has 2 aromatic rings. The van der Waals surface area contributed by atoms with Gasteiger partial charge in [0, 0.05) is 37.7 Å². The number of hydrogen-bond donors (Lipinski definition) is 1. The molecule has 0 spiro atoms. The van der Waals surface area contributed by atoms with Crippen LogP contribution in [0.15, 0.2) is 53.4 Å². The van der Waals surface area contributed by atoms with Crippen LogP contribution in [0, 0.1) is 5.82 Å². The molecule has 0 aliphatic rings. The van der Waals surface area contributed by atoms with Gasteiger partial charge in [-0.05, 0) is 25.1 Å². The topological polar surface area (TPSA) is 83.5 Å².